The fourth-order valence-corrected chi connectivity index (χ4v) is 4.01. The van der Waals surface area contributed by atoms with E-state index in [1.807, 2.05) is 0 Å². The van der Waals surface area contributed by atoms with Crippen molar-refractivity contribution in [2.24, 2.45) is 0 Å². The summed E-state index contributed by atoms with van der Waals surface area (Å²) in [5.74, 6) is -2.25. The zero-order valence-corrected chi connectivity index (χ0v) is 19.2. The number of anilines is 5. The number of H-pyrrole nitrogens is 1. The third-order valence-electron chi connectivity index (χ3n) is 4.87. The fraction of sp³-hybridized carbons (Fsp3) is 0.136. The van der Waals surface area contributed by atoms with E-state index in [0.29, 0.717) is 27.1 Å². The number of benzene rings is 2. The molecule has 4 rings (SSSR count). The maximum Gasteiger partial charge on any atom is 0.258 e. The Bertz CT molecular complexity index is 1340. The van der Waals surface area contributed by atoms with E-state index in [2.05, 4.69) is 31.2 Å². The molecule has 12 heteroatoms. The van der Waals surface area contributed by atoms with Crippen LogP contribution in [0.25, 0.3) is 0 Å². The third kappa shape index (κ3) is 5.36. The number of carbonyl (C=O) groups is 3. The molecule has 1 aliphatic heterocycles. The van der Waals surface area contributed by atoms with E-state index in [4.69, 9.17) is 23.2 Å². The van der Waals surface area contributed by atoms with Gasteiger partial charge in [-0.25, -0.2) is 0 Å². The summed E-state index contributed by atoms with van der Waals surface area (Å²) < 4.78 is 0. The first kappa shape index (κ1) is 23.3. The molecule has 3 amide bonds. The normalized spacial score (nSPS) is 14.6. The molecule has 5 N–H and O–H groups in total. The standard InChI is InChI=1S/C22H18Cl2N6O4/c1-10(31)25-13-2-4-14(5-3-13)26-20(33)16-9-17(32)28-19-18(16)21(34)30-22(29-19)27-15-7-11(23)6-12(24)8-15/h2-8,16H,9H2,1H3,(H,25,31)(H,26,33)(H3,27,28,29,30,32,34)/t16-/m0/s1. The van der Waals surface area contributed by atoms with E-state index in [9.17, 15) is 19.2 Å². The van der Waals surface area contributed by atoms with Crippen molar-refractivity contribution in [3.8, 4) is 0 Å². The van der Waals surface area contributed by atoms with Crippen molar-refractivity contribution in [2.45, 2.75) is 19.3 Å². The molecule has 1 aromatic heterocycles. The summed E-state index contributed by atoms with van der Waals surface area (Å²) in [7, 11) is 0. The maximum atomic E-state index is 13.0. The van der Waals surface area contributed by atoms with Crippen LogP contribution in [0.3, 0.4) is 0 Å². The Kier molecular flexibility index (Phi) is 6.53. The number of amides is 3. The Morgan fingerprint density at radius 2 is 1.59 bits per heavy atom. The van der Waals surface area contributed by atoms with E-state index >= 15 is 0 Å². The van der Waals surface area contributed by atoms with Crippen molar-refractivity contribution in [1.29, 1.82) is 0 Å². The van der Waals surface area contributed by atoms with Crippen molar-refractivity contribution in [1.82, 2.24) is 9.97 Å². The minimum Gasteiger partial charge on any atom is -0.326 e. The van der Waals surface area contributed by atoms with Crippen LogP contribution in [0, 0.1) is 0 Å². The largest absolute Gasteiger partial charge is 0.326 e. The quantitative estimate of drug-likeness (QED) is 0.359. The topological polar surface area (TPSA) is 145 Å². The zero-order chi connectivity index (χ0) is 24.4. The summed E-state index contributed by atoms with van der Waals surface area (Å²) in [4.78, 5) is 56.1. The summed E-state index contributed by atoms with van der Waals surface area (Å²) in [6.07, 6.45) is -0.218. The van der Waals surface area contributed by atoms with Crippen LogP contribution in [-0.4, -0.2) is 27.7 Å². The lowest BCUT2D eigenvalue weighted by atomic mass is 9.92. The second-order valence-corrected chi connectivity index (χ2v) is 8.39. The molecule has 0 bridgehead atoms. The molecule has 10 nitrogen and oxygen atoms in total. The van der Waals surface area contributed by atoms with Gasteiger partial charge in [-0.05, 0) is 42.5 Å². The van der Waals surface area contributed by atoms with Gasteiger partial charge < -0.3 is 21.3 Å². The highest BCUT2D eigenvalue weighted by Crippen LogP contribution is 2.31. The monoisotopic (exact) mass is 500 g/mol. The highest BCUT2D eigenvalue weighted by Gasteiger charge is 2.34. The van der Waals surface area contributed by atoms with Crippen LogP contribution in [0.15, 0.2) is 47.3 Å². The summed E-state index contributed by atoms with van der Waals surface area (Å²) >= 11 is 12.0. The van der Waals surface area contributed by atoms with Gasteiger partial charge in [0.05, 0.1) is 11.5 Å². The third-order valence-corrected chi connectivity index (χ3v) is 5.30. The smallest absolute Gasteiger partial charge is 0.258 e. The lowest BCUT2D eigenvalue weighted by Gasteiger charge is -2.23. The Balaban J connectivity index is 1.58. The Morgan fingerprint density at radius 3 is 2.21 bits per heavy atom. The molecule has 34 heavy (non-hydrogen) atoms. The van der Waals surface area contributed by atoms with Crippen LogP contribution >= 0.6 is 23.2 Å². The number of hydrogen-bond donors (Lipinski definition) is 5. The first-order valence-corrected chi connectivity index (χ1v) is 10.8. The number of fused-ring (bicyclic) bond motifs is 1. The number of halogens is 2. The molecule has 0 unspecified atom stereocenters. The lowest BCUT2D eigenvalue weighted by molar-refractivity contribution is -0.123. The number of aromatic nitrogens is 2. The molecule has 0 saturated heterocycles. The number of hydrogen-bond acceptors (Lipinski definition) is 6. The molecule has 0 radical (unpaired) electrons. The van der Waals surface area contributed by atoms with Crippen LogP contribution in [-0.2, 0) is 14.4 Å². The fourth-order valence-electron chi connectivity index (χ4n) is 3.49. The van der Waals surface area contributed by atoms with Gasteiger partial charge in [-0.2, -0.15) is 4.98 Å². The molecule has 0 saturated carbocycles. The van der Waals surface area contributed by atoms with Crippen LogP contribution in [0.1, 0.15) is 24.8 Å². The van der Waals surface area contributed by atoms with Gasteiger partial charge in [-0.15, -0.1) is 0 Å². The maximum absolute atomic E-state index is 13.0. The van der Waals surface area contributed by atoms with Crippen molar-refractivity contribution >= 4 is 69.8 Å². The molecular formula is C22H18Cl2N6O4. The van der Waals surface area contributed by atoms with Gasteiger partial charge >= 0.3 is 0 Å². The molecule has 0 spiro atoms. The van der Waals surface area contributed by atoms with Gasteiger partial charge in [0.2, 0.25) is 23.7 Å². The highest BCUT2D eigenvalue weighted by atomic mass is 35.5. The summed E-state index contributed by atoms with van der Waals surface area (Å²) in [6.45, 7) is 1.39. The van der Waals surface area contributed by atoms with E-state index in [-0.39, 0.29) is 29.7 Å². The van der Waals surface area contributed by atoms with Crippen LogP contribution < -0.4 is 26.8 Å². The predicted octanol–water partition coefficient (Wildman–Crippen LogP) is 3.84. The molecule has 2 heterocycles. The molecular weight excluding hydrogens is 483 g/mol. The van der Waals surface area contributed by atoms with Crippen molar-refractivity contribution in [2.75, 3.05) is 21.3 Å². The number of carbonyl (C=O) groups excluding carboxylic acids is 3. The van der Waals surface area contributed by atoms with Gasteiger partial charge in [-0.1, -0.05) is 23.2 Å². The first-order chi connectivity index (χ1) is 16.2. The molecule has 1 aliphatic rings. The average Bonchev–Trinajstić information content (AvgIpc) is 2.73. The van der Waals surface area contributed by atoms with Crippen molar-refractivity contribution in [3.05, 3.63) is 68.4 Å². The molecule has 0 fully saturated rings. The second kappa shape index (κ2) is 9.54. The average molecular weight is 501 g/mol. The minimum absolute atomic E-state index is 0.0169. The number of aromatic amines is 1. The first-order valence-electron chi connectivity index (χ1n) is 10.0. The second-order valence-electron chi connectivity index (χ2n) is 7.51. The Labute approximate surface area is 203 Å². The summed E-state index contributed by atoms with van der Waals surface area (Å²) in [5.41, 5.74) is 0.935. The van der Waals surface area contributed by atoms with Gasteiger partial charge in [0.15, 0.2) is 0 Å². The van der Waals surface area contributed by atoms with Crippen molar-refractivity contribution in [3.63, 3.8) is 0 Å². The molecule has 0 aliphatic carbocycles. The zero-order valence-electron chi connectivity index (χ0n) is 17.7. The van der Waals surface area contributed by atoms with E-state index < -0.39 is 23.3 Å². The summed E-state index contributed by atoms with van der Waals surface area (Å²) in [5, 5.41) is 11.5. The molecule has 2 aromatic carbocycles. The van der Waals surface area contributed by atoms with E-state index in [1.54, 1.807) is 42.5 Å². The van der Waals surface area contributed by atoms with Gasteiger partial charge in [0.1, 0.15) is 5.82 Å². The number of nitrogens with zero attached hydrogens (tertiary/aromatic N) is 1. The van der Waals surface area contributed by atoms with Gasteiger partial charge in [0.25, 0.3) is 5.56 Å². The van der Waals surface area contributed by atoms with Gasteiger partial charge in [-0.3, -0.25) is 24.2 Å². The van der Waals surface area contributed by atoms with Crippen molar-refractivity contribution < 1.29 is 14.4 Å². The van der Waals surface area contributed by atoms with Gasteiger partial charge in [0, 0.05) is 40.5 Å². The van der Waals surface area contributed by atoms with E-state index in [1.165, 1.54) is 6.92 Å². The number of nitrogens with one attached hydrogen (secondary N) is 5. The Morgan fingerprint density at radius 1 is 0.971 bits per heavy atom. The minimum atomic E-state index is -1.05. The molecule has 1 atom stereocenters. The summed E-state index contributed by atoms with van der Waals surface area (Å²) in [6, 6.07) is 11.1. The Hall–Kier alpha value is -3.89. The van der Waals surface area contributed by atoms with Crippen LogP contribution in [0.5, 0.6) is 0 Å². The predicted molar refractivity (Wildman–Crippen MR) is 130 cm³/mol. The lowest BCUT2D eigenvalue weighted by Crippen LogP contribution is -2.36. The SMILES string of the molecule is CC(=O)Nc1ccc(NC(=O)[C@H]2CC(=O)Nc3nc(Nc4cc(Cl)cc(Cl)c4)[nH]c(=O)c32)cc1. The van der Waals surface area contributed by atoms with Crippen LogP contribution in [0.4, 0.5) is 28.8 Å². The molecule has 3 aromatic rings. The molecule has 174 valence electrons. The van der Waals surface area contributed by atoms with E-state index in [0.717, 1.165) is 0 Å². The highest BCUT2D eigenvalue weighted by molar-refractivity contribution is 6.35. The van der Waals surface area contributed by atoms with Crippen LogP contribution in [0.2, 0.25) is 10.0 Å². The number of rotatable bonds is 5.